The third-order valence-corrected chi connectivity index (χ3v) is 5.81. The molecular weight excluding hydrogens is 386 g/mol. The Balaban J connectivity index is 1.74. The molecule has 1 aliphatic rings. The van der Waals surface area contributed by atoms with Crippen LogP contribution in [0.4, 0.5) is 0 Å². The van der Waals surface area contributed by atoms with E-state index in [-0.39, 0.29) is 11.8 Å². The first-order chi connectivity index (χ1) is 14.1. The number of rotatable bonds is 11. The van der Waals surface area contributed by atoms with E-state index in [0.717, 1.165) is 36.3 Å². The zero-order valence-corrected chi connectivity index (χ0v) is 17.8. The van der Waals surface area contributed by atoms with E-state index >= 15 is 0 Å². The van der Waals surface area contributed by atoms with Gasteiger partial charge in [-0.05, 0) is 37.5 Å². The van der Waals surface area contributed by atoms with Gasteiger partial charge in [-0.25, -0.2) is 0 Å². The number of carbonyl (C=O) groups excluding carboxylic acids is 2. The molecule has 6 heteroatoms. The van der Waals surface area contributed by atoms with Crippen molar-refractivity contribution in [2.75, 3.05) is 19.8 Å². The van der Waals surface area contributed by atoms with Crippen molar-refractivity contribution >= 4 is 29.1 Å². The third-order valence-electron chi connectivity index (χ3n) is 4.72. The van der Waals surface area contributed by atoms with E-state index in [4.69, 9.17) is 9.15 Å². The molecule has 0 N–H and O–H groups in total. The zero-order valence-electron chi connectivity index (χ0n) is 17.0. The third kappa shape index (κ3) is 5.40. The minimum atomic E-state index is -0.227. The highest BCUT2D eigenvalue weighted by molar-refractivity contribution is 8.03. The average molecular weight is 414 g/mol. The van der Waals surface area contributed by atoms with Crippen LogP contribution in [0, 0.1) is 6.92 Å². The van der Waals surface area contributed by atoms with E-state index in [0.29, 0.717) is 35.8 Å². The van der Waals surface area contributed by atoms with Gasteiger partial charge in [-0.2, -0.15) is 0 Å². The number of amides is 2. The molecule has 0 aliphatic carbocycles. The summed E-state index contributed by atoms with van der Waals surface area (Å²) in [5, 5.41) is 0. The first-order valence-electron chi connectivity index (χ1n) is 10.0. The molecule has 0 unspecified atom stereocenters. The van der Waals surface area contributed by atoms with Crippen LogP contribution in [-0.2, 0) is 20.1 Å². The summed E-state index contributed by atoms with van der Waals surface area (Å²) in [4.78, 5) is 28.0. The second-order valence-electron chi connectivity index (χ2n) is 7.02. The smallest absolute Gasteiger partial charge is 0.267 e. The van der Waals surface area contributed by atoms with Crippen LogP contribution in [0.15, 0.2) is 52.0 Å². The quantitative estimate of drug-likeness (QED) is 0.391. The fourth-order valence-corrected chi connectivity index (χ4v) is 4.11. The van der Waals surface area contributed by atoms with Crippen LogP contribution >= 0.6 is 11.8 Å². The SMILES string of the molecule is CCCCOCCCN1C(=O)C(SCc2ccco2)=C(c2ccc(C)cc2)C1=O. The molecular formula is C23H27NO4S. The molecule has 1 aliphatic heterocycles. The van der Waals surface area contributed by atoms with Crippen LogP contribution in [-0.4, -0.2) is 36.5 Å². The number of thioether (sulfide) groups is 1. The highest BCUT2D eigenvalue weighted by atomic mass is 32.2. The van der Waals surface area contributed by atoms with Gasteiger partial charge in [0, 0.05) is 19.8 Å². The molecule has 0 radical (unpaired) electrons. The Bertz CT molecular complexity index is 856. The van der Waals surface area contributed by atoms with Gasteiger partial charge in [-0.15, -0.1) is 11.8 Å². The summed E-state index contributed by atoms with van der Waals surface area (Å²) in [6, 6.07) is 11.4. The molecule has 2 heterocycles. The van der Waals surface area contributed by atoms with E-state index < -0.39 is 0 Å². The molecule has 5 nitrogen and oxygen atoms in total. The molecule has 0 bridgehead atoms. The number of carbonyl (C=O) groups is 2. The Kier molecular flexibility index (Phi) is 7.72. The van der Waals surface area contributed by atoms with E-state index in [2.05, 4.69) is 6.92 Å². The van der Waals surface area contributed by atoms with E-state index in [1.807, 2.05) is 43.3 Å². The first-order valence-corrected chi connectivity index (χ1v) is 11.0. The Morgan fingerprint density at radius 2 is 1.79 bits per heavy atom. The maximum atomic E-state index is 13.1. The molecule has 0 fully saturated rings. The molecule has 1 aromatic heterocycles. The van der Waals surface area contributed by atoms with Crippen molar-refractivity contribution in [1.29, 1.82) is 0 Å². The molecule has 154 valence electrons. The van der Waals surface area contributed by atoms with Gasteiger partial charge >= 0.3 is 0 Å². The molecule has 0 saturated heterocycles. The van der Waals surface area contributed by atoms with Crippen molar-refractivity contribution in [1.82, 2.24) is 4.90 Å². The Morgan fingerprint density at radius 3 is 2.48 bits per heavy atom. The molecule has 0 atom stereocenters. The number of benzene rings is 1. The largest absolute Gasteiger partial charge is 0.468 e. The summed E-state index contributed by atoms with van der Waals surface area (Å²) in [5.74, 6) is 0.823. The number of furan rings is 1. The Morgan fingerprint density at radius 1 is 1.03 bits per heavy atom. The lowest BCUT2D eigenvalue weighted by Gasteiger charge is -2.15. The van der Waals surface area contributed by atoms with Crippen molar-refractivity contribution < 1.29 is 18.7 Å². The van der Waals surface area contributed by atoms with Crippen molar-refractivity contribution in [2.24, 2.45) is 0 Å². The maximum absolute atomic E-state index is 13.1. The van der Waals surface area contributed by atoms with Crippen molar-refractivity contribution in [3.05, 3.63) is 64.5 Å². The fourth-order valence-electron chi connectivity index (χ4n) is 3.08. The molecule has 0 spiro atoms. The zero-order chi connectivity index (χ0) is 20.6. The molecule has 3 rings (SSSR count). The number of hydrogen-bond acceptors (Lipinski definition) is 5. The number of ether oxygens (including phenoxy) is 1. The van der Waals surface area contributed by atoms with E-state index in [1.54, 1.807) is 6.26 Å². The predicted octanol–water partition coefficient (Wildman–Crippen LogP) is 4.81. The predicted molar refractivity (Wildman–Crippen MR) is 115 cm³/mol. The number of nitrogens with zero attached hydrogens (tertiary/aromatic N) is 1. The van der Waals surface area contributed by atoms with Crippen LogP contribution in [0.2, 0.25) is 0 Å². The molecule has 29 heavy (non-hydrogen) atoms. The number of imide groups is 1. The average Bonchev–Trinajstić information content (AvgIpc) is 3.31. The lowest BCUT2D eigenvalue weighted by Crippen LogP contribution is -2.33. The highest BCUT2D eigenvalue weighted by Gasteiger charge is 2.38. The summed E-state index contributed by atoms with van der Waals surface area (Å²) < 4.78 is 11.0. The minimum Gasteiger partial charge on any atom is -0.468 e. The fraction of sp³-hybridized carbons (Fsp3) is 0.391. The van der Waals surface area contributed by atoms with Crippen molar-refractivity contribution in [2.45, 2.75) is 38.9 Å². The van der Waals surface area contributed by atoms with Crippen molar-refractivity contribution in [3.63, 3.8) is 0 Å². The van der Waals surface area contributed by atoms with Gasteiger partial charge in [0.2, 0.25) is 0 Å². The molecule has 2 amide bonds. The number of hydrogen-bond donors (Lipinski definition) is 0. The lowest BCUT2D eigenvalue weighted by molar-refractivity contribution is -0.136. The Labute approximate surface area is 176 Å². The standard InChI is InChI=1S/C23H27NO4S/c1-3-4-13-27-14-6-12-24-22(25)20(18-10-8-17(2)9-11-18)21(23(24)26)29-16-19-7-5-15-28-19/h5,7-11,15H,3-4,6,12-14,16H2,1-2H3. The first kappa shape index (κ1) is 21.4. The minimum absolute atomic E-state index is 0.226. The van der Waals surface area contributed by atoms with Gasteiger partial charge in [-0.3, -0.25) is 14.5 Å². The normalized spacial score (nSPS) is 14.3. The van der Waals surface area contributed by atoms with Crippen LogP contribution in [0.1, 0.15) is 43.1 Å². The van der Waals surface area contributed by atoms with Gasteiger partial charge < -0.3 is 9.15 Å². The second-order valence-corrected chi connectivity index (χ2v) is 8.01. The summed E-state index contributed by atoms with van der Waals surface area (Å²) >= 11 is 1.36. The molecule has 2 aromatic rings. The van der Waals surface area contributed by atoms with Crippen LogP contribution in [0.3, 0.4) is 0 Å². The number of aryl methyl sites for hydroxylation is 1. The summed E-state index contributed by atoms with van der Waals surface area (Å²) in [5.41, 5.74) is 2.37. The van der Waals surface area contributed by atoms with Crippen LogP contribution in [0.5, 0.6) is 0 Å². The monoisotopic (exact) mass is 413 g/mol. The van der Waals surface area contributed by atoms with Gasteiger partial charge in [0.15, 0.2) is 0 Å². The van der Waals surface area contributed by atoms with Crippen LogP contribution < -0.4 is 0 Å². The summed E-state index contributed by atoms with van der Waals surface area (Å²) in [7, 11) is 0. The van der Waals surface area contributed by atoms with Crippen LogP contribution in [0.25, 0.3) is 5.57 Å². The maximum Gasteiger partial charge on any atom is 0.267 e. The number of unbranched alkanes of at least 4 members (excludes halogenated alkanes) is 1. The summed E-state index contributed by atoms with van der Waals surface area (Å²) in [6.45, 7) is 5.74. The van der Waals surface area contributed by atoms with E-state index in [1.165, 1.54) is 16.7 Å². The van der Waals surface area contributed by atoms with E-state index in [9.17, 15) is 9.59 Å². The van der Waals surface area contributed by atoms with Crippen molar-refractivity contribution in [3.8, 4) is 0 Å². The highest BCUT2D eigenvalue weighted by Crippen LogP contribution is 2.37. The summed E-state index contributed by atoms with van der Waals surface area (Å²) in [6.07, 6.45) is 4.35. The van der Waals surface area contributed by atoms with Gasteiger partial charge in [-0.1, -0.05) is 43.2 Å². The van der Waals surface area contributed by atoms with Gasteiger partial charge in [0.1, 0.15) is 5.76 Å². The topological polar surface area (TPSA) is 59.8 Å². The molecule has 1 aromatic carbocycles. The van der Waals surface area contributed by atoms with Gasteiger partial charge in [0.05, 0.1) is 22.5 Å². The molecule has 0 saturated carbocycles. The Hall–Kier alpha value is -2.31. The second kappa shape index (κ2) is 10.5. The van der Waals surface area contributed by atoms with Gasteiger partial charge in [0.25, 0.3) is 11.8 Å². The lowest BCUT2D eigenvalue weighted by atomic mass is 10.0.